The van der Waals surface area contributed by atoms with Crippen molar-refractivity contribution in [3.8, 4) is 0 Å². The van der Waals surface area contributed by atoms with E-state index in [2.05, 4.69) is 20.1 Å². The van der Waals surface area contributed by atoms with Gasteiger partial charge in [-0.2, -0.15) is 0 Å². The van der Waals surface area contributed by atoms with Crippen LogP contribution < -0.4 is 0 Å². The molecule has 2 amide bonds. The van der Waals surface area contributed by atoms with Crippen molar-refractivity contribution in [2.75, 3.05) is 45.8 Å². The molecule has 0 aromatic rings. The van der Waals surface area contributed by atoms with E-state index in [9.17, 15) is 9.59 Å². The second-order valence-electron chi connectivity index (χ2n) is 5.51. The predicted molar refractivity (Wildman–Crippen MR) is 96.3 cm³/mol. The molecule has 5 heteroatoms. The van der Waals surface area contributed by atoms with Crippen LogP contribution in [0, 0.1) is 0 Å². The summed E-state index contributed by atoms with van der Waals surface area (Å²) in [5, 5.41) is 0. The highest BCUT2D eigenvalue weighted by molar-refractivity contribution is 5.81. The summed E-state index contributed by atoms with van der Waals surface area (Å²) < 4.78 is 0. The first-order valence-corrected chi connectivity index (χ1v) is 8.53. The van der Waals surface area contributed by atoms with Crippen LogP contribution in [-0.4, -0.2) is 72.3 Å². The van der Waals surface area contributed by atoms with E-state index in [4.69, 9.17) is 0 Å². The molecule has 0 aromatic heterocycles. The summed E-state index contributed by atoms with van der Waals surface area (Å²) in [7, 11) is 0. The molecule has 0 bridgehead atoms. The zero-order valence-electron chi connectivity index (χ0n) is 15.1. The fraction of sp³-hybridized carbons (Fsp3) is 0.667. The Balaban J connectivity index is 4.81. The van der Waals surface area contributed by atoms with Gasteiger partial charge in [0.1, 0.15) is 0 Å². The molecule has 0 fully saturated rings. The zero-order chi connectivity index (χ0) is 17.7. The Morgan fingerprint density at radius 2 is 1.35 bits per heavy atom. The molecule has 0 rings (SSSR count). The fourth-order valence-corrected chi connectivity index (χ4v) is 2.34. The van der Waals surface area contributed by atoms with Gasteiger partial charge in [0.2, 0.25) is 11.8 Å². The number of carbonyl (C=O) groups excluding carboxylic acids is 2. The van der Waals surface area contributed by atoms with Crippen molar-refractivity contribution >= 4 is 11.8 Å². The average Bonchev–Trinajstić information content (AvgIpc) is 2.53. The largest absolute Gasteiger partial charge is 0.342 e. The van der Waals surface area contributed by atoms with E-state index in [0.717, 1.165) is 19.4 Å². The Labute approximate surface area is 141 Å². The molecule has 0 aliphatic rings. The molecule has 0 radical (unpaired) electrons. The van der Waals surface area contributed by atoms with E-state index in [1.54, 1.807) is 22.0 Å². The Morgan fingerprint density at radius 1 is 0.870 bits per heavy atom. The highest BCUT2D eigenvalue weighted by atomic mass is 16.2. The van der Waals surface area contributed by atoms with Gasteiger partial charge >= 0.3 is 0 Å². The molecule has 0 aliphatic heterocycles. The van der Waals surface area contributed by atoms with E-state index < -0.39 is 0 Å². The third-order valence-corrected chi connectivity index (χ3v) is 3.71. The number of amides is 2. The Morgan fingerprint density at radius 3 is 1.74 bits per heavy atom. The van der Waals surface area contributed by atoms with Crippen LogP contribution in [0.1, 0.15) is 33.6 Å². The fourth-order valence-electron chi connectivity index (χ4n) is 2.34. The smallest absolute Gasteiger partial charge is 0.237 e. The lowest BCUT2D eigenvalue weighted by atomic mass is 10.3. The summed E-state index contributed by atoms with van der Waals surface area (Å²) in [4.78, 5) is 30.2. The molecule has 0 saturated heterocycles. The number of hydrogen-bond donors (Lipinski definition) is 0. The van der Waals surface area contributed by atoms with Crippen LogP contribution in [0.5, 0.6) is 0 Å². The van der Waals surface area contributed by atoms with Crippen molar-refractivity contribution in [3.63, 3.8) is 0 Å². The number of likely N-dealkylation sites (N-methyl/N-ethyl adjacent to an activating group) is 1. The first-order valence-electron chi connectivity index (χ1n) is 8.53. The number of carbonyl (C=O) groups is 2. The Hall–Kier alpha value is -1.62. The van der Waals surface area contributed by atoms with Crippen LogP contribution in [0.4, 0.5) is 0 Å². The van der Waals surface area contributed by atoms with Crippen LogP contribution in [0.2, 0.25) is 0 Å². The summed E-state index contributed by atoms with van der Waals surface area (Å²) in [6, 6.07) is 0. The molecule has 0 aromatic carbocycles. The quantitative estimate of drug-likeness (QED) is 0.488. The Kier molecular flexibility index (Phi) is 12.0. The maximum Gasteiger partial charge on any atom is 0.237 e. The highest BCUT2D eigenvalue weighted by Crippen LogP contribution is 2.01. The third-order valence-electron chi connectivity index (χ3n) is 3.71. The van der Waals surface area contributed by atoms with E-state index in [0.29, 0.717) is 32.7 Å². The minimum atomic E-state index is 0.00764. The molecule has 132 valence electrons. The minimum Gasteiger partial charge on any atom is -0.342 e. The van der Waals surface area contributed by atoms with E-state index in [-0.39, 0.29) is 18.4 Å². The lowest BCUT2D eigenvalue weighted by Gasteiger charge is -2.28. The van der Waals surface area contributed by atoms with Crippen LogP contribution >= 0.6 is 0 Å². The SMILES string of the molecule is C=CCN(CC=C)C(=O)CN(CCCC)CC(=O)N(CC)CC. The first-order chi connectivity index (χ1) is 11.0. The van der Waals surface area contributed by atoms with Crippen molar-refractivity contribution in [1.82, 2.24) is 14.7 Å². The van der Waals surface area contributed by atoms with Crippen LogP contribution in [0.25, 0.3) is 0 Å². The molecule has 0 atom stereocenters. The molecular weight excluding hydrogens is 290 g/mol. The van der Waals surface area contributed by atoms with E-state index in [1.807, 2.05) is 18.7 Å². The Bertz CT molecular complexity index is 368. The van der Waals surface area contributed by atoms with Gasteiger partial charge in [-0.1, -0.05) is 25.5 Å². The van der Waals surface area contributed by atoms with Crippen LogP contribution in [-0.2, 0) is 9.59 Å². The van der Waals surface area contributed by atoms with E-state index in [1.165, 1.54) is 0 Å². The maximum absolute atomic E-state index is 12.5. The normalized spacial score (nSPS) is 10.4. The summed E-state index contributed by atoms with van der Waals surface area (Å²) in [5.74, 6) is 0.0890. The molecule has 5 nitrogen and oxygen atoms in total. The highest BCUT2D eigenvalue weighted by Gasteiger charge is 2.19. The summed E-state index contributed by atoms with van der Waals surface area (Å²) >= 11 is 0. The zero-order valence-corrected chi connectivity index (χ0v) is 15.1. The van der Waals surface area contributed by atoms with Crippen molar-refractivity contribution in [1.29, 1.82) is 0 Å². The minimum absolute atomic E-state index is 0.00764. The van der Waals surface area contributed by atoms with Gasteiger partial charge in [-0.25, -0.2) is 0 Å². The molecule has 0 heterocycles. The second kappa shape index (κ2) is 12.9. The van der Waals surface area contributed by atoms with E-state index >= 15 is 0 Å². The van der Waals surface area contributed by atoms with Gasteiger partial charge in [0.15, 0.2) is 0 Å². The number of unbranched alkanes of at least 4 members (excludes halogenated alkanes) is 1. The average molecular weight is 323 g/mol. The van der Waals surface area contributed by atoms with Gasteiger partial charge in [-0.15, -0.1) is 13.2 Å². The van der Waals surface area contributed by atoms with Gasteiger partial charge in [0.25, 0.3) is 0 Å². The number of nitrogens with zero attached hydrogens (tertiary/aromatic N) is 3. The van der Waals surface area contributed by atoms with Crippen molar-refractivity contribution in [2.45, 2.75) is 33.6 Å². The topological polar surface area (TPSA) is 43.9 Å². The predicted octanol–water partition coefficient (Wildman–Crippen LogP) is 2.16. The van der Waals surface area contributed by atoms with Gasteiger partial charge < -0.3 is 9.80 Å². The van der Waals surface area contributed by atoms with Crippen molar-refractivity contribution < 1.29 is 9.59 Å². The second-order valence-corrected chi connectivity index (χ2v) is 5.51. The lowest BCUT2D eigenvalue weighted by Crippen LogP contribution is -2.45. The van der Waals surface area contributed by atoms with Crippen molar-refractivity contribution in [2.24, 2.45) is 0 Å². The van der Waals surface area contributed by atoms with Gasteiger partial charge in [-0.3, -0.25) is 14.5 Å². The molecule has 0 saturated carbocycles. The maximum atomic E-state index is 12.5. The molecule has 0 N–H and O–H groups in total. The molecule has 23 heavy (non-hydrogen) atoms. The number of hydrogen-bond acceptors (Lipinski definition) is 3. The standard InChI is InChI=1S/C18H33N3O2/c1-6-11-14-19(15-17(22)20(9-4)10-5)16-18(23)21(12-7-2)13-8-3/h7-8H,2-3,6,9-16H2,1,4-5H3. The first kappa shape index (κ1) is 21.4. The molecule has 0 aliphatic carbocycles. The molecule has 0 unspecified atom stereocenters. The molecular formula is C18H33N3O2. The van der Waals surface area contributed by atoms with Crippen molar-refractivity contribution in [3.05, 3.63) is 25.3 Å². The van der Waals surface area contributed by atoms with Crippen LogP contribution in [0.15, 0.2) is 25.3 Å². The summed E-state index contributed by atoms with van der Waals surface area (Å²) in [6.07, 6.45) is 5.42. The monoisotopic (exact) mass is 323 g/mol. The third kappa shape index (κ3) is 8.55. The lowest BCUT2D eigenvalue weighted by molar-refractivity contribution is -0.135. The summed E-state index contributed by atoms with van der Waals surface area (Å²) in [5.41, 5.74) is 0. The van der Waals surface area contributed by atoms with Gasteiger partial charge in [0.05, 0.1) is 13.1 Å². The summed E-state index contributed by atoms with van der Waals surface area (Å²) in [6.45, 7) is 17.1. The van der Waals surface area contributed by atoms with Gasteiger partial charge in [0, 0.05) is 26.2 Å². The molecule has 0 spiro atoms. The number of rotatable bonds is 13. The van der Waals surface area contributed by atoms with Crippen LogP contribution in [0.3, 0.4) is 0 Å². The van der Waals surface area contributed by atoms with Gasteiger partial charge in [-0.05, 0) is 26.8 Å².